The van der Waals surface area contributed by atoms with Crippen molar-refractivity contribution in [3.8, 4) is 0 Å². The molecular formula is C8H9N3O2. The van der Waals surface area contributed by atoms with Crippen LogP contribution in [-0.4, -0.2) is 17.0 Å². The first-order valence-corrected chi connectivity index (χ1v) is 3.92. The number of hydrogen-bond donors (Lipinski definition) is 1. The van der Waals surface area contributed by atoms with Crippen LogP contribution in [0.5, 0.6) is 0 Å². The van der Waals surface area contributed by atoms with Gasteiger partial charge in [-0.1, -0.05) is 6.07 Å². The van der Waals surface area contributed by atoms with Crippen molar-refractivity contribution >= 4 is 11.4 Å². The summed E-state index contributed by atoms with van der Waals surface area (Å²) in [6.45, 7) is 0.576. The highest BCUT2D eigenvalue weighted by atomic mass is 16.6. The molecule has 0 amide bonds. The molecule has 0 fully saturated rings. The van der Waals surface area contributed by atoms with Crippen LogP contribution in [0.2, 0.25) is 0 Å². The third-order valence-corrected chi connectivity index (χ3v) is 2.05. The molecule has 0 aromatic heterocycles. The Morgan fingerprint density at radius 3 is 3.08 bits per heavy atom. The fourth-order valence-corrected chi connectivity index (χ4v) is 1.50. The summed E-state index contributed by atoms with van der Waals surface area (Å²) in [4.78, 5) is 10.3. The van der Waals surface area contributed by atoms with Crippen LogP contribution in [-0.2, 0) is 6.54 Å². The lowest BCUT2D eigenvalue weighted by molar-refractivity contribution is -0.385. The van der Waals surface area contributed by atoms with Gasteiger partial charge in [-0.05, 0) is 6.07 Å². The lowest BCUT2D eigenvalue weighted by Gasteiger charge is -2.05. The Labute approximate surface area is 75.1 Å². The molecule has 2 rings (SSSR count). The van der Waals surface area contributed by atoms with Gasteiger partial charge in [0.05, 0.1) is 22.7 Å². The monoisotopic (exact) mass is 179 g/mol. The zero-order chi connectivity index (χ0) is 9.42. The molecule has 13 heavy (non-hydrogen) atoms. The number of anilines is 1. The Hall–Kier alpha value is -1.62. The van der Waals surface area contributed by atoms with Crippen molar-refractivity contribution in [1.82, 2.24) is 5.01 Å². The summed E-state index contributed by atoms with van der Waals surface area (Å²) >= 11 is 0. The Balaban J connectivity index is 2.51. The first-order chi connectivity index (χ1) is 6.18. The molecule has 1 N–H and O–H groups in total. The van der Waals surface area contributed by atoms with Crippen molar-refractivity contribution in [1.29, 1.82) is 0 Å². The van der Waals surface area contributed by atoms with E-state index < -0.39 is 0 Å². The lowest BCUT2D eigenvalue weighted by atomic mass is 10.1. The maximum Gasteiger partial charge on any atom is 0.276 e. The summed E-state index contributed by atoms with van der Waals surface area (Å²) in [5.74, 6) is 0. The maximum atomic E-state index is 10.6. The molecule has 0 atom stereocenters. The Kier molecular flexibility index (Phi) is 1.66. The molecule has 5 heteroatoms. The molecule has 1 aromatic carbocycles. The number of nitrogens with zero attached hydrogens (tertiary/aromatic N) is 2. The van der Waals surface area contributed by atoms with Crippen LogP contribution >= 0.6 is 0 Å². The van der Waals surface area contributed by atoms with E-state index in [1.165, 1.54) is 6.07 Å². The van der Waals surface area contributed by atoms with Crippen LogP contribution in [0.25, 0.3) is 0 Å². The number of hydrogen-bond acceptors (Lipinski definition) is 4. The Morgan fingerprint density at radius 1 is 1.62 bits per heavy atom. The van der Waals surface area contributed by atoms with Crippen molar-refractivity contribution in [2.24, 2.45) is 0 Å². The SMILES string of the molecule is CN1Cc2c(cccc2[N+](=O)[O-])N1. The van der Waals surface area contributed by atoms with Crippen molar-refractivity contribution < 1.29 is 4.92 Å². The fraction of sp³-hybridized carbons (Fsp3) is 0.250. The van der Waals surface area contributed by atoms with Crippen LogP contribution < -0.4 is 5.43 Å². The maximum absolute atomic E-state index is 10.6. The number of rotatable bonds is 1. The molecule has 0 bridgehead atoms. The molecule has 0 unspecified atom stereocenters. The first-order valence-electron chi connectivity index (χ1n) is 3.92. The minimum atomic E-state index is -0.348. The summed E-state index contributed by atoms with van der Waals surface area (Å²) in [5, 5.41) is 12.4. The van der Waals surface area contributed by atoms with Gasteiger partial charge in [0.1, 0.15) is 0 Å². The zero-order valence-electron chi connectivity index (χ0n) is 7.15. The normalized spacial score (nSPS) is 15.2. The van der Waals surface area contributed by atoms with Gasteiger partial charge in [-0.25, -0.2) is 5.01 Å². The quantitative estimate of drug-likeness (QED) is 0.522. The van der Waals surface area contributed by atoms with Crippen LogP contribution in [0.4, 0.5) is 11.4 Å². The van der Waals surface area contributed by atoms with Gasteiger partial charge in [-0.15, -0.1) is 0 Å². The summed E-state index contributed by atoms with van der Waals surface area (Å²) < 4.78 is 0. The number of nitrogens with one attached hydrogen (secondary N) is 1. The third-order valence-electron chi connectivity index (χ3n) is 2.05. The molecule has 5 nitrogen and oxygen atoms in total. The predicted molar refractivity (Wildman–Crippen MR) is 48.2 cm³/mol. The van der Waals surface area contributed by atoms with E-state index in [2.05, 4.69) is 5.43 Å². The van der Waals surface area contributed by atoms with E-state index in [4.69, 9.17) is 0 Å². The smallest absolute Gasteiger partial charge is 0.276 e. The zero-order valence-corrected chi connectivity index (χ0v) is 7.15. The molecule has 1 aliphatic rings. The fourth-order valence-electron chi connectivity index (χ4n) is 1.50. The van der Waals surface area contributed by atoms with E-state index in [1.807, 2.05) is 18.1 Å². The summed E-state index contributed by atoms with van der Waals surface area (Å²) in [6, 6.07) is 5.05. The number of nitro benzene ring substituents is 1. The second-order valence-corrected chi connectivity index (χ2v) is 3.03. The minimum Gasteiger partial charge on any atom is -0.318 e. The first kappa shape index (κ1) is 8.00. The molecule has 1 aromatic rings. The van der Waals surface area contributed by atoms with Gasteiger partial charge in [0.15, 0.2) is 0 Å². The number of benzene rings is 1. The Morgan fingerprint density at radius 2 is 2.38 bits per heavy atom. The van der Waals surface area contributed by atoms with Gasteiger partial charge in [-0.2, -0.15) is 0 Å². The van der Waals surface area contributed by atoms with Crippen molar-refractivity contribution in [3.05, 3.63) is 33.9 Å². The van der Waals surface area contributed by atoms with E-state index in [0.29, 0.717) is 6.54 Å². The van der Waals surface area contributed by atoms with Gasteiger partial charge < -0.3 is 5.43 Å². The summed E-state index contributed by atoms with van der Waals surface area (Å²) in [5.41, 5.74) is 4.80. The van der Waals surface area contributed by atoms with E-state index in [9.17, 15) is 10.1 Å². The highest BCUT2D eigenvalue weighted by Crippen LogP contribution is 2.31. The van der Waals surface area contributed by atoms with Crippen molar-refractivity contribution in [2.45, 2.75) is 6.54 Å². The highest BCUT2D eigenvalue weighted by molar-refractivity contribution is 5.62. The molecule has 68 valence electrons. The average Bonchev–Trinajstić information content (AvgIpc) is 2.43. The van der Waals surface area contributed by atoms with Crippen molar-refractivity contribution in [3.63, 3.8) is 0 Å². The van der Waals surface area contributed by atoms with Crippen LogP contribution in [0.15, 0.2) is 18.2 Å². The molecule has 0 saturated carbocycles. The van der Waals surface area contributed by atoms with E-state index in [-0.39, 0.29) is 10.6 Å². The standard InChI is InChI=1S/C8H9N3O2/c1-10-5-6-7(9-10)3-2-4-8(6)11(12)13/h2-4,9H,5H2,1H3. The number of hydrazine groups is 1. The van der Waals surface area contributed by atoms with Gasteiger partial charge in [-0.3, -0.25) is 10.1 Å². The van der Waals surface area contributed by atoms with Gasteiger partial charge in [0.25, 0.3) is 5.69 Å². The van der Waals surface area contributed by atoms with Crippen molar-refractivity contribution in [2.75, 3.05) is 12.5 Å². The third kappa shape index (κ3) is 1.23. The van der Waals surface area contributed by atoms with E-state index in [0.717, 1.165) is 11.3 Å². The molecule has 0 saturated heterocycles. The second-order valence-electron chi connectivity index (χ2n) is 3.03. The lowest BCUT2D eigenvalue weighted by Crippen LogP contribution is -2.16. The largest absolute Gasteiger partial charge is 0.318 e. The van der Waals surface area contributed by atoms with Crippen LogP contribution in [0, 0.1) is 10.1 Å². The molecular weight excluding hydrogens is 170 g/mol. The van der Waals surface area contributed by atoms with E-state index in [1.54, 1.807) is 6.07 Å². The topological polar surface area (TPSA) is 58.4 Å². The highest BCUT2D eigenvalue weighted by Gasteiger charge is 2.23. The molecule has 0 radical (unpaired) electrons. The molecule has 1 aliphatic heterocycles. The molecule has 0 spiro atoms. The summed E-state index contributed by atoms with van der Waals surface area (Å²) in [7, 11) is 1.85. The van der Waals surface area contributed by atoms with Gasteiger partial charge in [0.2, 0.25) is 0 Å². The van der Waals surface area contributed by atoms with E-state index >= 15 is 0 Å². The number of nitro groups is 1. The molecule has 0 aliphatic carbocycles. The molecule has 1 heterocycles. The van der Waals surface area contributed by atoms with Gasteiger partial charge in [0, 0.05) is 13.1 Å². The van der Waals surface area contributed by atoms with Crippen LogP contribution in [0.1, 0.15) is 5.56 Å². The van der Waals surface area contributed by atoms with Gasteiger partial charge >= 0.3 is 0 Å². The summed E-state index contributed by atoms with van der Waals surface area (Å²) in [6.07, 6.45) is 0. The Bertz CT molecular complexity index is 364. The number of fused-ring (bicyclic) bond motifs is 1. The van der Waals surface area contributed by atoms with Crippen LogP contribution in [0.3, 0.4) is 0 Å². The predicted octanol–water partition coefficient (Wildman–Crippen LogP) is 1.37. The minimum absolute atomic E-state index is 0.189. The average molecular weight is 179 g/mol. The second kappa shape index (κ2) is 2.70.